The van der Waals surface area contributed by atoms with Crippen LogP contribution >= 0.6 is 0 Å². The topological polar surface area (TPSA) is 62.6 Å². The van der Waals surface area contributed by atoms with Crippen molar-refractivity contribution >= 4 is 10.9 Å². The third kappa shape index (κ3) is 3.90. The molecular weight excluding hydrogens is 448 g/mol. The van der Waals surface area contributed by atoms with Crippen LogP contribution < -0.4 is 10.1 Å². The molecule has 2 aromatic carbocycles. The van der Waals surface area contributed by atoms with Gasteiger partial charge in [-0.1, -0.05) is 30.3 Å². The minimum absolute atomic E-state index is 0.0373. The number of hydrogen-bond donors (Lipinski definition) is 2. The maximum absolute atomic E-state index is 10.2. The highest BCUT2D eigenvalue weighted by Crippen LogP contribution is 2.47. The molecule has 4 heterocycles. The Bertz CT molecular complexity index is 1360. The zero-order chi connectivity index (χ0) is 24.7. The van der Waals surface area contributed by atoms with Crippen molar-refractivity contribution in [2.24, 2.45) is 7.05 Å². The molecule has 1 fully saturated rings. The van der Waals surface area contributed by atoms with Crippen molar-refractivity contribution in [2.75, 3.05) is 33.4 Å². The lowest BCUT2D eigenvalue weighted by Gasteiger charge is -2.46. The van der Waals surface area contributed by atoms with Crippen LogP contribution in [0.15, 0.2) is 66.9 Å². The Hall–Kier alpha value is -3.19. The van der Waals surface area contributed by atoms with Crippen LogP contribution in [0.2, 0.25) is 0 Å². The van der Waals surface area contributed by atoms with Gasteiger partial charge in [0.1, 0.15) is 5.75 Å². The number of pyridine rings is 1. The third-order valence-corrected chi connectivity index (χ3v) is 8.32. The molecule has 0 saturated carbocycles. The Kier molecular flexibility index (Phi) is 6.04. The molecule has 1 atom stereocenters. The lowest BCUT2D eigenvalue weighted by atomic mass is 9.69. The summed E-state index contributed by atoms with van der Waals surface area (Å²) in [6.45, 7) is 4.08. The van der Waals surface area contributed by atoms with Gasteiger partial charge >= 0.3 is 0 Å². The lowest BCUT2D eigenvalue weighted by molar-refractivity contribution is 0.131. The summed E-state index contributed by atoms with van der Waals surface area (Å²) in [5.74, 6) is 0.867. The highest BCUT2D eigenvalue weighted by atomic mass is 16.5. The molecule has 0 aliphatic carbocycles. The van der Waals surface area contributed by atoms with Gasteiger partial charge in [-0.05, 0) is 61.3 Å². The monoisotopic (exact) mass is 482 g/mol. The van der Waals surface area contributed by atoms with E-state index in [2.05, 4.69) is 75.3 Å². The normalized spacial score (nSPS) is 19.5. The summed E-state index contributed by atoms with van der Waals surface area (Å²) < 4.78 is 7.78. The summed E-state index contributed by atoms with van der Waals surface area (Å²) in [7, 11) is 3.83. The Morgan fingerprint density at radius 2 is 1.89 bits per heavy atom. The van der Waals surface area contributed by atoms with Crippen molar-refractivity contribution in [3.8, 4) is 17.0 Å². The number of piperidine rings is 1. The van der Waals surface area contributed by atoms with Gasteiger partial charge in [0.15, 0.2) is 0 Å². The molecule has 6 nitrogen and oxygen atoms in total. The van der Waals surface area contributed by atoms with E-state index in [0.29, 0.717) is 0 Å². The summed E-state index contributed by atoms with van der Waals surface area (Å²) >= 11 is 0. The quantitative estimate of drug-likeness (QED) is 0.441. The number of likely N-dealkylation sites (tertiary alicyclic amines) is 1. The minimum Gasteiger partial charge on any atom is -0.497 e. The van der Waals surface area contributed by atoms with E-state index >= 15 is 0 Å². The maximum Gasteiger partial charge on any atom is 0.120 e. The van der Waals surface area contributed by atoms with Crippen molar-refractivity contribution in [1.82, 2.24) is 19.8 Å². The number of aliphatic hydroxyl groups excluding tert-OH is 1. The first kappa shape index (κ1) is 23.2. The van der Waals surface area contributed by atoms with E-state index < -0.39 is 0 Å². The van der Waals surface area contributed by atoms with E-state index in [4.69, 9.17) is 4.74 Å². The molecule has 0 radical (unpaired) electrons. The van der Waals surface area contributed by atoms with Gasteiger partial charge in [-0.2, -0.15) is 0 Å². The van der Waals surface area contributed by atoms with E-state index in [1.165, 1.54) is 27.7 Å². The van der Waals surface area contributed by atoms with E-state index in [1.54, 1.807) is 7.11 Å². The number of hydrogen-bond acceptors (Lipinski definition) is 5. The van der Waals surface area contributed by atoms with Gasteiger partial charge in [0.05, 0.1) is 31.0 Å². The third-order valence-electron chi connectivity index (χ3n) is 8.32. The predicted molar refractivity (Wildman–Crippen MR) is 143 cm³/mol. The second kappa shape index (κ2) is 9.36. The molecule has 1 spiro atoms. The molecule has 6 rings (SSSR count). The van der Waals surface area contributed by atoms with Crippen LogP contribution in [-0.2, 0) is 19.0 Å². The molecule has 6 heteroatoms. The lowest BCUT2D eigenvalue weighted by Crippen LogP contribution is -2.52. The van der Waals surface area contributed by atoms with Crippen LogP contribution in [0.4, 0.5) is 0 Å². The van der Waals surface area contributed by atoms with Crippen molar-refractivity contribution in [1.29, 1.82) is 0 Å². The molecule has 0 bridgehead atoms. The number of nitrogens with one attached hydrogen (secondary N) is 1. The Balaban J connectivity index is 1.23. The molecule has 2 N–H and O–H groups in total. The predicted octanol–water partition coefficient (Wildman–Crippen LogP) is 4.42. The fourth-order valence-corrected chi connectivity index (χ4v) is 6.32. The van der Waals surface area contributed by atoms with Gasteiger partial charge in [-0.15, -0.1) is 0 Å². The van der Waals surface area contributed by atoms with Gasteiger partial charge in [0, 0.05) is 54.5 Å². The highest BCUT2D eigenvalue weighted by Gasteiger charge is 2.44. The zero-order valence-corrected chi connectivity index (χ0v) is 21.1. The molecule has 186 valence electrons. The van der Waals surface area contributed by atoms with Crippen LogP contribution in [0.1, 0.15) is 35.7 Å². The molecule has 4 aromatic rings. The number of rotatable bonds is 5. The first-order valence-corrected chi connectivity index (χ1v) is 12.9. The summed E-state index contributed by atoms with van der Waals surface area (Å²) in [5.41, 5.74) is 7.42. The fraction of sp³-hybridized carbons (Fsp3) is 0.367. The first-order chi connectivity index (χ1) is 17.6. The van der Waals surface area contributed by atoms with Crippen molar-refractivity contribution in [3.63, 3.8) is 0 Å². The molecule has 0 unspecified atom stereocenters. The molecule has 2 aliphatic heterocycles. The van der Waals surface area contributed by atoms with E-state index in [9.17, 15) is 5.11 Å². The molecule has 36 heavy (non-hydrogen) atoms. The second-order valence-corrected chi connectivity index (χ2v) is 10.3. The largest absolute Gasteiger partial charge is 0.497 e. The Labute approximate surface area is 212 Å². The Morgan fingerprint density at radius 3 is 2.58 bits per heavy atom. The smallest absolute Gasteiger partial charge is 0.120 e. The number of fused-ring (bicyclic) bond motifs is 4. The van der Waals surface area contributed by atoms with Gasteiger partial charge in [0.25, 0.3) is 0 Å². The number of aryl methyl sites for hydroxylation is 1. The van der Waals surface area contributed by atoms with Gasteiger partial charge in [-0.25, -0.2) is 0 Å². The molecular formula is C30H34N4O2. The molecule has 2 aromatic heterocycles. The van der Waals surface area contributed by atoms with E-state index in [0.717, 1.165) is 56.0 Å². The Morgan fingerprint density at radius 1 is 1.08 bits per heavy atom. The number of methoxy groups -OCH3 is 1. The highest BCUT2D eigenvalue weighted by molar-refractivity contribution is 5.88. The molecule has 2 aliphatic rings. The maximum atomic E-state index is 10.2. The van der Waals surface area contributed by atoms with Crippen molar-refractivity contribution in [2.45, 2.75) is 30.8 Å². The number of nitrogens with zero attached hydrogens (tertiary/aromatic N) is 3. The SMILES string of the molecule is COc1ccc2c3c(n(C)c2c1)[C@H](CO)NCC31CCN(Cc2ccc(-c3ccccn3)cc2)CC1. The minimum atomic E-state index is -0.0373. The number of aliphatic hydroxyl groups is 1. The summed E-state index contributed by atoms with van der Waals surface area (Å²) in [6, 6.07) is 21.2. The van der Waals surface area contributed by atoms with Crippen LogP contribution in [0.3, 0.4) is 0 Å². The number of benzene rings is 2. The van der Waals surface area contributed by atoms with Crippen LogP contribution in [0, 0.1) is 0 Å². The van der Waals surface area contributed by atoms with Crippen LogP contribution in [0.25, 0.3) is 22.2 Å². The molecule has 0 amide bonds. The number of ether oxygens (including phenoxy) is 1. The second-order valence-electron chi connectivity index (χ2n) is 10.3. The van der Waals surface area contributed by atoms with Gasteiger partial charge in [0.2, 0.25) is 0 Å². The van der Waals surface area contributed by atoms with Crippen molar-refractivity contribution < 1.29 is 9.84 Å². The number of aromatic nitrogens is 2. The molecule has 1 saturated heterocycles. The first-order valence-electron chi connectivity index (χ1n) is 12.9. The van der Waals surface area contributed by atoms with E-state index in [-0.39, 0.29) is 18.1 Å². The average molecular weight is 483 g/mol. The van der Waals surface area contributed by atoms with Crippen molar-refractivity contribution in [3.05, 3.63) is 83.7 Å². The van der Waals surface area contributed by atoms with Crippen LogP contribution in [-0.4, -0.2) is 52.9 Å². The fourth-order valence-electron chi connectivity index (χ4n) is 6.32. The zero-order valence-electron chi connectivity index (χ0n) is 21.1. The average Bonchev–Trinajstić information content (AvgIpc) is 3.24. The summed E-state index contributed by atoms with van der Waals surface area (Å²) in [5, 5.41) is 15.1. The standard InChI is InChI=1S/C30H34N4O2/c1-33-27-17-23(36-2)10-11-24(27)28-29(33)26(19-35)32-20-30(28)12-15-34(16-13-30)18-21-6-8-22(9-7-21)25-5-3-4-14-31-25/h3-11,14,17,26,32,35H,12-13,15-16,18-20H2,1-2H3/t26-/m0/s1. The summed E-state index contributed by atoms with van der Waals surface area (Å²) in [6.07, 6.45) is 4.04. The van der Waals surface area contributed by atoms with Gasteiger partial charge in [-0.3, -0.25) is 9.88 Å². The van der Waals surface area contributed by atoms with Crippen LogP contribution in [0.5, 0.6) is 5.75 Å². The van der Waals surface area contributed by atoms with Gasteiger partial charge < -0.3 is 19.7 Å². The summed E-state index contributed by atoms with van der Waals surface area (Å²) in [4.78, 5) is 7.04. The van der Waals surface area contributed by atoms with E-state index in [1.807, 2.05) is 18.3 Å².